The molecule has 0 heterocycles. The second kappa shape index (κ2) is 7.53. The Morgan fingerprint density at radius 2 is 2.19 bits per heavy atom. The van der Waals surface area contributed by atoms with Gasteiger partial charge in [0.1, 0.15) is 6.04 Å². The van der Waals surface area contributed by atoms with Gasteiger partial charge in [0.2, 0.25) is 0 Å². The normalized spacial score (nSPS) is 12.2. The van der Waals surface area contributed by atoms with Gasteiger partial charge in [0.05, 0.1) is 17.6 Å². The highest BCUT2D eigenvalue weighted by molar-refractivity contribution is 5.73. The van der Waals surface area contributed by atoms with Crippen LogP contribution in [-0.2, 0) is 4.79 Å². The predicted octanol–water partition coefficient (Wildman–Crippen LogP) is 1.95. The average molecular weight is 300 g/mol. The van der Waals surface area contributed by atoms with Gasteiger partial charge >= 0.3 is 5.97 Å². The fourth-order valence-electron chi connectivity index (χ4n) is 1.69. The molecule has 0 saturated heterocycles. The van der Waals surface area contributed by atoms with Gasteiger partial charge in [-0.15, -0.1) is 0 Å². The van der Waals surface area contributed by atoms with E-state index in [2.05, 4.69) is 5.32 Å². The molecule has 1 atom stereocenters. The molecule has 21 heavy (non-hydrogen) atoms. The quantitative estimate of drug-likeness (QED) is 0.562. The predicted molar refractivity (Wildman–Crippen MR) is 72.9 cm³/mol. The summed E-state index contributed by atoms with van der Waals surface area (Å²) in [6.45, 7) is 3.60. The van der Waals surface area contributed by atoms with Crippen molar-refractivity contribution in [1.29, 1.82) is 0 Å². The van der Waals surface area contributed by atoms with Gasteiger partial charge < -0.3 is 15.2 Å². The van der Waals surface area contributed by atoms with Crippen LogP contribution in [0.5, 0.6) is 5.75 Å². The van der Waals surface area contributed by atoms with Crippen LogP contribution < -0.4 is 10.1 Å². The number of hydrogen-bond donors (Lipinski definition) is 2. The minimum absolute atomic E-state index is 0.0118. The number of rotatable bonds is 8. The fraction of sp³-hybridized carbons (Fsp3) is 0.462. The van der Waals surface area contributed by atoms with Gasteiger partial charge in [-0.25, -0.2) is 4.39 Å². The monoisotopic (exact) mass is 300 g/mol. The summed E-state index contributed by atoms with van der Waals surface area (Å²) in [5.74, 6) is -2.02. The molecule has 116 valence electrons. The minimum Gasteiger partial charge on any atom is -0.490 e. The van der Waals surface area contributed by atoms with Crippen LogP contribution in [0, 0.1) is 15.9 Å². The largest absolute Gasteiger partial charge is 0.490 e. The van der Waals surface area contributed by atoms with Crippen molar-refractivity contribution in [3.8, 4) is 5.75 Å². The molecule has 2 N–H and O–H groups in total. The summed E-state index contributed by atoms with van der Waals surface area (Å²) in [6, 6.07) is 2.22. The van der Waals surface area contributed by atoms with Crippen molar-refractivity contribution < 1.29 is 24.0 Å². The molecule has 1 rings (SSSR count). The van der Waals surface area contributed by atoms with Gasteiger partial charge in [-0.3, -0.25) is 14.9 Å². The first-order valence-electron chi connectivity index (χ1n) is 6.37. The minimum atomic E-state index is -1.02. The van der Waals surface area contributed by atoms with Gasteiger partial charge in [0.15, 0.2) is 11.6 Å². The second-order valence-electron chi connectivity index (χ2n) is 4.72. The lowest BCUT2D eigenvalue weighted by atomic mass is 10.2. The number of nitro benzene ring substituents is 1. The highest BCUT2D eigenvalue weighted by Crippen LogP contribution is 2.22. The first-order chi connectivity index (χ1) is 9.81. The molecule has 0 saturated carbocycles. The van der Waals surface area contributed by atoms with E-state index in [1.165, 1.54) is 0 Å². The summed E-state index contributed by atoms with van der Waals surface area (Å²) in [7, 11) is 0. The van der Waals surface area contributed by atoms with E-state index >= 15 is 0 Å². The molecule has 0 aliphatic carbocycles. The summed E-state index contributed by atoms with van der Waals surface area (Å²) in [4.78, 5) is 20.8. The van der Waals surface area contributed by atoms with E-state index in [1.54, 1.807) is 0 Å². The Hall–Kier alpha value is -2.22. The van der Waals surface area contributed by atoms with Gasteiger partial charge in [-0.05, 0) is 6.07 Å². The number of halogens is 1. The first kappa shape index (κ1) is 16.8. The van der Waals surface area contributed by atoms with E-state index < -0.39 is 22.8 Å². The maximum Gasteiger partial charge on any atom is 0.320 e. The molecule has 0 amide bonds. The molecule has 0 aliphatic heterocycles. The molecule has 0 aliphatic rings. The SMILES string of the molecule is CC(C)NC(CCOc1ccc([N+](=O)[O-])cc1F)C(=O)O. The third-order valence-electron chi connectivity index (χ3n) is 2.62. The molecule has 1 aromatic rings. The number of carboxylic acid groups (broad SMARTS) is 1. The molecule has 0 spiro atoms. The molecular formula is C13H17FN2O5. The maximum atomic E-state index is 13.5. The van der Waals surface area contributed by atoms with E-state index in [0.717, 1.165) is 18.2 Å². The molecule has 0 aromatic heterocycles. The number of nitro groups is 1. The Labute approximate surface area is 120 Å². The average Bonchev–Trinajstić information content (AvgIpc) is 2.38. The number of ether oxygens (including phenoxy) is 1. The number of aliphatic carboxylic acids is 1. The van der Waals surface area contributed by atoms with Crippen molar-refractivity contribution in [1.82, 2.24) is 5.32 Å². The number of nitrogens with zero attached hydrogens (tertiary/aromatic N) is 1. The third-order valence-corrected chi connectivity index (χ3v) is 2.62. The topological polar surface area (TPSA) is 102 Å². The molecule has 7 nitrogen and oxygen atoms in total. The molecule has 0 radical (unpaired) electrons. The van der Waals surface area contributed by atoms with Gasteiger partial charge in [0.25, 0.3) is 5.69 Å². The Kier molecular flexibility index (Phi) is 6.04. The van der Waals surface area contributed by atoms with Gasteiger partial charge in [-0.1, -0.05) is 13.8 Å². The maximum absolute atomic E-state index is 13.5. The lowest BCUT2D eigenvalue weighted by Crippen LogP contribution is -2.41. The second-order valence-corrected chi connectivity index (χ2v) is 4.72. The summed E-state index contributed by atoms with van der Waals surface area (Å²) < 4.78 is 18.7. The Balaban J connectivity index is 2.58. The lowest BCUT2D eigenvalue weighted by Gasteiger charge is -2.17. The van der Waals surface area contributed by atoms with Crippen molar-refractivity contribution in [3.63, 3.8) is 0 Å². The number of carboxylic acids is 1. The number of non-ortho nitro benzene ring substituents is 1. The zero-order chi connectivity index (χ0) is 16.0. The zero-order valence-corrected chi connectivity index (χ0v) is 11.7. The number of hydrogen-bond acceptors (Lipinski definition) is 5. The van der Waals surface area contributed by atoms with E-state index in [4.69, 9.17) is 9.84 Å². The summed E-state index contributed by atoms with van der Waals surface area (Å²) in [6.07, 6.45) is 0.143. The highest BCUT2D eigenvalue weighted by Gasteiger charge is 2.18. The van der Waals surface area contributed by atoms with E-state index in [1.807, 2.05) is 13.8 Å². The molecule has 0 fully saturated rings. The molecular weight excluding hydrogens is 283 g/mol. The van der Waals surface area contributed by atoms with Crippen LogP contribution in [0.4, 0.5) is 10.1 Å². The number of carbonyl (C=O) groups is 1. The van der Waals surface area contributed by atoms with Crippen molar-refractivity contribution in [3.05, 3.63) is 34.1 Å². The van der Waals surface area contributed by atoms with Crippen LogP contribution in [0.1, 0.15) is 20.3 Å². The van der Waals surface area contributed by atoms with Gasteiger partial charge in [0, 0.05) is 18.5 Å². The van der Waals surface area contributed by atoms with Crippen molar-refractivity contribution in [2.24, 2.45) is 0 Å². The Morgan fingerprint density at radius 3 is 2.67 bits per heavy atom. The van der Waals surface area contributed by atoms with Crippen LogP contribution in [0.3, 0.4) is 0 Å². The summed E-state index contributed by atoms with van der Waals surface area (Å²) in [5, 5.41) is 22.3. The van der Waals surface area contributed by atoms with Crippen LogP contribution >= 0.6 is 0 Å². The van der Waals surface area contributed by atoms with Crippen LogP contribution in [-0.4, -0.2) is 34.7 Å². The summed E-state index contributed by atoms with van der Waals surface area (Å²) >= 11 is 0. The van der Waals surface area contributed by atoms with E-state index in [9.17, 15) is 19.3 Å². The lowest BCUT2D eigenvalue weighted by molar-refractivity contribution is -0.385. The first-order valence-corrected chi connectivity index (χ1v) is 6.37. The van der Waals surface area contributed by atoms with Gasteiger partial charge in [-0.2, -0.15) is 0 Å². The molecule has 1 unspecified atom stereocenters. The molecule has 8 heteroatoms. The third kappa shape index (κ3) is 5.35. The fourth-order valence-corrected chi connectivity index (χ4v) is 1.69. The number of benzene rings is 1. The smallest absolute Gasteiger partial charge is 0.320 e. The Bertz CT molecular complexity index is 521. The van der Waals surface area contributed by atoms with Crippen LogP contribution in [0.25, 0.3) is 0 Å². The van der Waals surface area contributed by atoms with Crippen molar-refractivity contribution >= 4 is 11.7 Å². The van der Waals surface area contributed by atoms with Crippen molar-refractivity contribution in [2.75, 3.05) is 6.61 Å². The van der Waals surface area contributed by atoms with Crippen molar-refractivity contribution in [2.45, 2.75) is 32.4 Å². The summed E-state index contributed by atoms with van der Waals surface area (Å²) in [5.41, 5.74) is -0.371. The zero-order valence-electron chi connectivity index (χ0n) is 11.7. The molecule has 0 bridgehead atoms. The number of nitrogens with one attached hydrogen (secondary N) is 1. The Morgan fingerprint density at radius 1 is 1.52 bits per heavy atom. The molecule has 1 aromatic carbocycles. The van der Waals surface area contributed by atoms with E-state index in [0.29, 0.717) is 0 Å². The highest BCUT2D eigenvalue weighted by atomic mass is 19.1. The van der Waals surface area contributed by atoms with E-state index in [-0.39, 0.29) is 30.5 Å². The van der Waals surface area contributed by atoms with Crippen LogP contribution in [0.15, 0.2) is 18.2 Å². The standard InChI is InChI=1S/C13H17FN2O5/c1-8(2)15-11(13(17)18)5-6-21-12-4-3-9(16(19)20)7-10(12)14/h3-4,7-8,11,15H,5-6H2,1-2H3,(H,17,18). The van der Waals surface area contributed by atoms with Crippen LogP contribution in [0.2, 0.25) is 0 Å².